The van der Waals surface area contributed by atoms with Crippen molar-refractivity contribution in [2.24, 2.45) is 0 Å². The first-order valence-electron chi connectivity index (χ1n) is 6.57. The van der Waals surface area contributed by atoms with E-state index in [0.29, 0.717) is 10.6 Å². The number of nitrogens with one attached hydrogen (secondary N) is 1. The van der Waals surface area contributed by atoms with Crippen molar-refractivity contribution in [3.05, 3.63) is 39.8 Å². The summed E-state index contributed by atoms with van der Waals surface area (Å²) in [6, 6.07) is 6.13. The number of aromatic nitrogens is 3. The van der Waals surface area contributed by atoms with Crippen molar-refractivity contribution in [1.29, 1.82) is 0 Å². The van der Waals surface area contributed by atoms with Crippen LogP contribution in [0, 0.1) is 0 Å². The van der Waals surface area contributed by atoms with E-state index in [1.54, 1.807) is 7.05 Å². The molecule has 126 valence electrons. The van der Waals surface area contributed by atoms with E-state index in [-0.39, 0.29) is 12.5 Å². The second-order valence-corrected chi connectivity index (χ2v) is 5.23. The zero-order valence-electron chi connectivity index (χ0n) is 12.0. The Morgan fingerprint density at radius 1 is 1.35 bits per heavy atom. The summed E-state index contributed by atoms with van der Waals surface area (Å²) >= 11 is 5.78. The van der Waals surface area contributed by atoms with Crippen LogP contribution in [0.4, 0.5) is 13.2 Å². The Labute approximate surface area is 134 Å². The molecule has 2 aromatic rings. The molecular weight excluding hydrogens is 337 g/mol. The second kappa shape index (κ2) is 6.73. The molecule has 1 atom stereocenters. The second-order valence-electron chi connectivity index (χ2n) is 4.79. The van der Waals surface area contributed by atoms with Crippen molar-refractivity contribution >= 4 is 11.6 Å². The molecule has 0 radical (unpaired) electrons. The van der Waals surface area contributed by atoms with Gasteiger partial charge < -0.3 is 10.4 Å². The molecule has 0 amide bonds. The molecule has 0 aliphatic carbocycles. The lowest BCUT2D eigenvalue weighted by Crippen LogP contribution is -2.37. The number of hydrogen-bond acceptors (Lipinski definition) is 4. The monoisotopic (exact) mass is 350 g/mol. The van der Waals surface area contributed by atoms with Gasteiger partial charge in [0.05, 0.1) is 13.2 Å². The van der Waals surface area contributed by atoms with Crippen molar-refractivity contribution in [1.82, 2.24) is 19.7 Å². The van der Waals surface area contributed by atoms with Crippen molar-refractivity contribution < 1.29 is 18.3 Å². The average molecular weight is 351 g/mol. The van der Waals surface area contributed by atoms with Gasteiger partial charge in [-0.2, -0.15) is 17.9 Å². The fraction of sp³-hybridized carbons (Fsp3) is 0.385. The van der Waals surface area contributed by atoms with Gasteiger partial charge in [-0.05, 0) is 31.3 Å². The number of benzene rings is 1. The van der Waals surface area contributed by atoms with Gasteiger partial charge in [-0.25, -0.2) is 4.79 Å². The normalized spacial score (nSPS) is 13.3. The molecule has 0 unspecified atom stereocenters. The van der Waals surface area contributed by atoms with Crippen molar-refractivity contribution in [2.75, 3.05) is 7.05 Å². The van der Waals surface area contributed by atoms with Gasteiger partial charge in [-0.3, -0.25) is 4.57 Å². The molecule has 0 saturated heterocycles. The number of nitrogens with zero attached hydrogens (tertiary/aromatic N) is 3. The zero-order chi connectivity index (χ0) is 17.2. The predicted molar refractivity (Wildman–Crippen MR) is 78.1 cm³/mol. The highest BCUT2D eigenvalue weighted by atomic mass is 35.5. The number of aliphatic hydroxyl groups is 1. The van der Waals surface area contributed by atoms with Crippen molar-refractivity contribution in [3.8, 4) is 11.4 Å². The Bertz CT molecular complexity index is 724. The third kappa shape index (κ3) is 3.92. The van der Waals surface area contributed by atoms with E-state index in [0.717, 1.165) is 9.25 Å². The van der Waals surface area contributed by atoms with E-state index in [9.17, 15) is 23.1 Å². The molecule has 0 saturated carbocycles. The molecule has 0 spiro atoms. The molecule has 6 nitrogen and oxygen atoms in total. The van der Waals surface area contributed by atoms with E-state index in [2.05, 4.69) is 10.4 Å². The third-order valence-corrected chi connectivity index (χ3v) is 3.32. The Hall–Kier alpha value is -1.84. The Kier molecular flexibility index (Phi) is 5.12. The van der Waals surface area contributed by atoms with E-state index < -0.39 is 24.5 Å². The average Bonchev–Trinajstić information content (AvgIpc) is 2.77. The molecule has 2 rings (SSSR count). The summed E-state index contributed by atoms with van der Waals surface area (Å²) in [4.78, 5) is 12.2. The summed E-state index contributed by atoms with van der Waals surface area (Å²) < 4.78 is 39.5. The van der Waals surface area contributed by atoms with Crippen LogP contribution in [0.2, 0.25) is 5.02 Å². The Morgan fingerprint density at radius 3 is 2.48 bits per heavy atom. The van der Waals surface area contributed by atoms with Crippen LogP contribution in [0.15, 0.2) is 29.1 Å². The van der Waals surface area contributed by atoms with E-state index in [1.165, 1.54) is 24.3 Å². The lowest BCUT2D eigenvalue weighted by Gasteiger charge is -2.15. The maximum Gasteiger partial charge on any atom is 0.416 e. The molecule has 2 N–H and O–H groups in total. The summed E-state index contributed by atoms with van der Waals surface area (Å²) in [5, 5.41) is 16.4. The van der Waals surface area contributed by atoms with Crippen LogP contribution in [-0.2, 0) is 13.2 Å². The maximum atomic E-state index is 12.6. The topological polar surface area (TPSA) is 72.1 Å². The van der Waals surface area contributed by atoms with Crippen LogP contribution in [0.25, 0.3) is 11.4 Å². The van der Waals surface area contributed by atoms with Gasteiger partial charge in [-0.1, -0.05) is 11.6 Å². The maximum absolute atomic E-state index is 12.6. The standard InChI is InChI=1S/C13H14ClF3N4O2/c1-18-7-21-12(23)20(6-10(22)13(15,16)17)11(19-21)8-2-4-9(14)5-3-8/h2-5,10,18,22H,6-7H2,1H3/t10-/m0/s1. The lowest BCUT2D eigenvalue weighted by atomic mass is 10.2. The van der Waals surface area contributed by atoms with Gasteiger partial charge in [-0.15, -0.1) is 5.10 Å². The summed E-state index contributed by atoms with van der Waals surface area (Å²) in [5.74, 6) is 0.0187. The fourth-order valence-corrected chi connectivity index (χ4v) is 2.07. The molecule has 10 heteroatoms. The molecule has 0 bridgehead atoms. The Morgan fingerprint density at radius 2 is 1.96 bits per heavy atom. The highest BCUT2D eigenvalue weighted by Crippen LogP contribution is 2.23. The quantitative estimate of drug-likeness (QED) is 0.856. The third-order valence-electron chi connectivity index (χ3n) is 3.07. The first-order valence-corrected chi connectivity index (χ1v) is 6.94. The van der Waals surface area contributed by atoms with Gasteiger partial charge in [0.15, 0.2) is 11.9 Å². The molecule has 0 aliphatic rings. The lowest BCUT2D eigenvalue weighted by molar-refractivity contribution is -0.207. The molecule has 0 aliphatic heterocycles. The number of halogens is 4. The summed E-state index contributed by atoms with van der Waals surface area (Å²) in [6.45, 7) is -0.918. The van der Waals surface area contributed by atoms with Crippen LogP contribution < -0.4 is 11.0 Å². The van der Waals surface area contributed by atoms with Crippen molar-refractivity contribution in [3.63, 3.8) is 0 Å². The molecule has 23 heavy (non-hydrogen) atoms. The van der Waals surface area contributed by atoms with E-state index in [4.69, 9.17) is 11.6 Å². The van der Waals surface area contributed by atoms with Gasteiger partial charge >= 0.3 is 11.9 Å². The van der Waals surface area contributed by atoms with Crippen LogP contribution >= 0.6 is 11.6 Å². The molecule has 1 aromatic carbocycles. The highest BCUT2D eigenvalue weighted by Gasteiger charge is 2.39. The predicted octanol–water partition coefficient (Wildman–Crippen LogP) is 1.47. The summed E-state index contributed by atoms with van der Waals surface area (Å²) in [5.41, 5.74) is -0.344. The van der Waals surface area contributed by atoms with Gasteiger partial charge in [0.25, 0.3) is 0 Å². The largest absolute Gasteiger partial charge is 0.416 e. The number of alkyl halides is 3. The number of hydrogen-bond donors (Lipinski definition) is 2. The number of rotatable bonds is 5. The van der Waals surface area contributed by atoms with Crippen LogP contribution in [0.5, 0.6) is 0 Å². The first-order chi connectivity index (χ1) is 10.7. The van der Waals surface area contributed by atoms with Gasteiger partial charge in [0.1, 0.15) is 0 Å². The smallest absolute Gasteiger partial charge is 0.382 e. The zero-order valence-corrected chi connectivity index (χ0v) is 12.8. The van der Waals surface area contributed by atoms with Gasteiger partial charge in [0, 0.05) is 10.6 Å². The van der Waals surface area contributed by atoms with E-state index in [1.807, 2.05) is 0 Å². The van der Waals surface area contributed by atoms with Crippen molar-refractivity contribution in [2.45, 2.75) is 25.5 Å². The summed E-state index contributed by atoms with van der Waals surface area (Å²) in [6.07, 6.45) is -7.50. The SMILES string of the molecule is CNCn1nc(-c2ccc(Cl)cc2)n(C[C@H](O)C(F)(F)F)c1=O. The molecular formula is C13H14ClF3N4O2. The number of aliphatic hydroxyl groups excluding tert-OH is 1. The van der Waals surface area contributed by atoms with Crippen LogP contribution in [-0.4, -0.2) is 38.8 Å². The minimum Gasteiger partial charge on any atom is -0.382 e. The summed E-state index contributed by atoms with van der Waals surface area (Å²) in [7, 11) is 1.57. The van der Waals surface area contributed by atoms with Gasteiger partial charge in [0.2, 0.25) is 0 Å². The minimum atomic E-state index is -4.83. The Balaban J connectivity index is 2.50. The van der Waals surface area contributed by atoms with Crippen LogP contribution in [0.3, 0.4) is 0 Å². The fourth-order valence-electron chi connectivity index (χ4n) is 1.95. The molecule has 1 aromatic heterocycles. The molecule has 1 heterocycles. The highest BCUT2D eigenvalue weighted by molar-refractivity contribution is 6.30. The van der Waals surface area contributed by atoms with E-state index >= 15 is 0 Å². The molecule has 0 fully saturated rings. The van der Waals surface area contributed by atoms with Crippen LogP contribution in [0.1, 0.15) is 0 Å². The minimum absolute atomic E-state index is 0.0187. The first kappa shape index (κ1) is 17.5.